The highest BCUT2D eigenvalue weighted by atomic mass is 16.7. The minimum atomic E-state index is -0.291. The van der Waals surface area contributed by atoms with Crippen LogP contribution in [0.1, 0.15) is 151 Å². The molecule has 1 saturated heterocycles. The lowest BCUT2D eigenvalue weighted by Crippen LogP contribution is -2.53. The minimum absolute atomic E-state index is 0.260. The molecule has 1 aromatic carbocycles. The van der Waals surface area contributed by atoms with Gasteiger partial charge in [0.05, 0.1) is 11.2 Å². The predicted molar refractivity (Wildman–Crippen MR) is 178 cm³/mol. The van der Waals surface area contributed by atoms with Crippen molar-refractivity contribution < 1.29 is 9.31 Å². The van der Waals surface area contributed by atoms with Crippen molar-refractivity contribution in [2.75, 3.05) is 0 Å². The van der Waals surface area contributed by atoms with Crippen LogP contribution in [0.5, 0.6) is 0 Å². The molecule has 0 spiro atoms. The van der Waals surface area contributed by atoms with E-state index < -0.39 is 0 Å². The van der Waals surface area contributed by atoms with Crippen molar-refractivity contribution in [3.63, 3.8) is 0 Å². The Bertz CT molecular complexity index is 1090. The van der Waals surface area contributed by atoms with E-state index in [2.05, 4.69) is 86.6 Å². The molecule has 234 valence electrons. The zero-order valence-corrected chi connectivity index (χ0v) is 28.8. The fraction of sp³-hybridized carbons (Fsp3) is 0.846. The largest absolute Gasteiger partial charge is 0.494 e. The summed E-state index contributed by atoms with van der Waals surface area (Å²) in [5.74, 6) is 7.22. The number of hydrogen-bond donors (Lipinski definition) is 0. The Hall–Kier alpha value is -0.795. The van der Waals surface area contributed by atoms with Gasteiger partial charge in [0.2, 0.25) is 0 Å². The number of hydrogen-bond acceptors (Lipinski definition) is 2. The van der Waals surface area contributed by atoms with Crippen LogP contribution >= 0.6 is 0 Å². The van der Waals surface area contributed by atoms with Crippen LogP contribution in [0.3, 0.4) is 0 Å². The molecule has 0 bridgehead atoms. The Balaban J connectivity index is 1.12. The van der Waals surface area contributed by atoms with Crippen molar-refractivity contribution in [2.45, 2.75) is 156 Å². The minimum Gasteiger partial charge on any atom is -0.399 e. The SMILES string of the molecule is CC(C)CCC[C@@H](C)[C@H]1CC[C@H]2[C@@H]3CC[C@H]4CC(c5cccc(B6OC(C)(C)C(C)(C)O6)c5)CC[C@]4(C)[C@H]3CC[C@]12C. The second kappa shape index (κ2) is 11.2. The summed E-state index contributed by atoms with van der Waals surface area (Å²) in [6.07, 6.45) is 17.4. The highest BCUT2D eigenvalue weighted by Gasteiger charge is 2.60. The molecule has 5 aliphatic rings. The van der Waals surface area contributed by atoms with Gasteiger partial charge in [-0.25, -0.2) is 0 Å². The van der Waals surface area contributed by atoms with E-state index in [1.165, 1.54) is 88.1 Å². The molecule has 1 aromatic rings. The van der Waals surface area contributed by atoms with Crippen LogP contribution in [0.4, 0.5) is 0 Å². The lowest BCUT2D eigenvalue weighted by atomic mass is 9.43. The molecule has 2 nitrogen and oxygen atoms in total. The first kappa shape index (κ1) is 31.2. The van der Waals surface area contributed by atoms with E-state index in [0.717, 1.165) is 41.4 Å². The summed E-state index contributed by atoms with van der Waals surface area (Å²) >= 11 is 0. The summed E-state index contributed by atoms with van der Waals surface area (Å²) in [4.78, 5) is 0. The van der Waals surface area contributed by atoms with Crippen LogP contribution in [-0.2, 0) is 9.31 Å². The lowest BCUT2D eigenvalue weighted by Gasteiger charge is -2.61. The maximum Gasteiger partial charge on any atom is 0.494 e. The van der Waals surface area contributed by atoms with E-state index in [-0.39, 0.29) is 18.3 Å². The molecule has 0 amide bonds. The van der Waals surface area contributed by atoms with Gasteiger partial charge in [-0.1, -0.05) is 78.1 Å². The summed E-state index contributed by atoms with van der Waals surface area (Å²) in [5, 5.41) is 0. The number of rotatable bonds is 7. The average Bonchev–Trinajstić information content (AvgIpc) is 3.39. The summed E-state index contributed by atoms with van der Waals surface area (Å²) < 4.78 is 12.8. The molecule has 0 radical (unpaired) electrons. The molecule has 6 rings (SSSR count). The Morgan fingerprint density at radius 3 is 2.19 bits per heavy atom. The fourth-order valence-corrected chi connectivity index (χ4v) is 11.5. The van der Waals surface area contributed by atoms with Crippen molar-refractivity contribution in [3.05, 3.63) is 29.8 Å². The maximum absolute atomic E-state index is 6.42. The molecule has 42 heavy (non-hydrogen) atoms. The van der Waals surface area contributed by atoms with E-state index in [9.17, 15) is 0 Å². The first-order valence-corrected chi connectivity index (χ1v) is 18.2. The van der Waals surface area contributed by atoms with Crippen LogP contribution < -0.4 is 5.46 Å². The fourth-order valence-electron chi connectivity index (χ4n) is 11.5. The van der Waals surface area contributed by atoms with Gasteiger partial charge in [-0.15, -0.1) is 0 Å². The molecule has 9 atom stereocenters. The van der Waals surface area contributed by atoms with Crippen molar-refractivity contribution in [3.8, 4) is 0 Å². The zero-order chi connectivity index (χ0) is 30.1. The average molecular weight is 575 g/mol. The van der Waals surface area contributed by atoms with Gasteiger partial charge in [0.1, 0.15) is 0 Å². The number of benzene rings is 1. The molecule has 3 heteroatoms. The lowest BCUT2D eigenvalue weighted by molar-refractivity contribution is -0.117. The van der Waals surface area contributed by atoms with Crippen molar-refractivity contribution in [1.82, 2.24) is 0 Å². The van der Waals surface area contributed by atoms with Crippen molar-refractivity contribution in [2.24, 2.45) is 52.3 Å². The monoisotopic (exact) mass is 574 g/mol. The molecular weight excluding hydrogens is 511 g/mol. The van der Waals surface area contributed by atoms with Gasteiger partial charge in [-0.05, 0) is 155 Å². The molecule has 1 unspecified atom stereocenters. The van der Waals surface area contributed by atoms with Gasteiger partial charge in [-0.2, -0.15) is 0 Å². The van der Waals surface area contributed by atoms with E-state index >= 15 is 0 Å². The van der Waals surface area contributed by atoms with Gasteiger partial charge in [0, 0.05) is 0 Å². The molecule has 1 heterocycles. The van der Waals surface area contributed by atoms with Gasteiger partial charge in [0.25, 0.3) is 0 Å². The third-order valence-corrected chi connectivity index (χ3v) is 14.8. The van der Waals surface area contributed by atoms with Crippen LogP contribution in [0.2, 0.25) is 0 Å². The molecule has 4 saturated carbocycles. The van der Waals surface area contributed by atoms with Crippen molar-refractivity contribution in [1.29, 1.82) is 0 Å². The Labute approximate surface area is 260 Å². The highest BCUT2D eigenvalue weighted by molar-refractivity contribution is 6.62. The van der Waals surface area contributed by atoms with Gasteiger partial charge in [0.15, 0.2) is 0 Å². The third-order valence-electron chi connectivity index (χ3n) is 14.8. The van der Waals surface area contributed by atoms with Gasteiger partial charge in [-0.3, -0.25) is 0 Å². The standard InChI is InChI=1S/C39H63BO2/c1-26(2)12-10-13-27(3)33-18-19-34-32-17-16-30-24-29(20-22-38(30,8)35(32)21-23-39(33,34)9)28-14-11-15-31(25-28)40-41-36(4,5)37(6,7)42-40/h11,14-15,25-27,29-30,32-35H,10,12-13,16-24H2,1-9H3/t27-,29?,30+,32+,33-,34+,35+,38+,39-/m1/s1. The maximum atomic E-state index is 6.42. The molecule has 1 aliphatic heterocycles. The van der Waals surface area contributed by atoms with Crippen LogP contribution in [0.15, 0.2) is 24.3 Å². The molecule has 5 fully saturated rings. The first-order valence-electron chi connectivity index (χ1n) is 18.2. The topological polar surface area (TPSA) is 18.5 Å². The van der Waals surface area contributed by atoms with Crippen LogP contribution in [0, 0.1) is 52.3 Å². The smallest absolute Gasteiger partial charge is 0.399 e. The molecule has 4 aliphatic carbocycles. The Morgan fingerprint density at radius 1 is 0.786 bits per heavy atom. The Morgan fingerprint density at radius 2 is 1.48 bits per heavy atom. The van der Waals surface area contributed by atoms with E-state index in [4.69, 9.17) is 9.31 Å². The second-order valence-electron chi connectivity index (χ2n) is 17.9. The van der Waals surface area contributed by atoms with E-state index in [1.54, 1.807) is 0 Å². The first-order chi connectivity index (χ1) is 19.7. The van der Waals surface area contributed by atoms with E-state index in [0.29, 0.717) is 16.7 Å². The highest BCUT2D eigenvalue weighted by Crippen LogP contribution is 2.69. The molecule has 0 aromatic heterocycles. The van der Waals surface area contributed by atoms with Crippen LogP contribution in [0.25, 0.3) is 0 Å². The van der Waals surface area contributed by atoms with Crippen LogP contribution in [-0.4, -0.2) is 18.3 Å². The third kappa shape index (κ3) is 5.27. The summed E-state index contributed by atoms with van der Waals surface area (Å²) in [7, 11) is -0.260. The van der Waals surface area contributed by atoms with E-state index in [1.807, 2.05) is 0 Å². The van der Waals surface area contributed by atoms with Gasteiger partial charge >= 0.3 is 7.12 Å². The molecular formula is C39H63BO2. The Kier molecular flexibility index (Phi) is 8.34. The predicted octanol–water partition coefficient (Wildman–Crippen LogP) is 10.2. The second-order valence-corrected chi connectivity index (χ2v) is 17.9. The van der Waals surface area contributed by atoms with Gasteiger partial charge < -0.3 is 9.31 Å². The number of fused-ring (bicyclic) bond motifs is 5. The zero-order valence-electron chi connectivity index (χ0n) is 28.8. The summed E-state index contributed by atoms with van der Waals surface area (Å²) in [5.41, 5.74) is 3.29. The summed E-state index contributed by atoms with van der Waals surface area (Å²) in [6, 6.07) is 9.28. The molecule has 0 N–H and O–H groups in total. The quantitative estimate of drug-likeness (QED) is 0.302. The summed E-state index contributed by atoms with van der Waals surface area (Å²) in [6.45, 7) is 21.5. The normalized spacial score (nSPS) is 41.3. The van der Waals surface area contributed by atoms with Crippen molar-refractivity contribution >= 4 is 12.6 Å².